The highest BCUT2D eigenvalue weighted by atomic mass is 16.5. The van der Waals surface area contributed by atoms with Gasteiger partial charge in [0.25, 0.3) is 0 Å². The molecule has 3 heterocycles. The Morgan fingerprint density at radius 2 is 2.04 bits per heavy atom. The molecule has 0 amide bonds. The van der Waals surface area contributed by atoms with Gasteiger partial charge in [-0.1, -0.05) is 0 Å². The first-order valence-electron chi connectivity index (χ1n) is 9.75. The number of hydrogen-bond donors (Lipinski definition) is 1. The average molecular weight is 328 g/mol. The molecule has 4 nitrogen and oxygen atoms in total. The van der Waals surface area contributed by atoms with E-state index in [2.05, 4.69) is 16.3 Å². The van der Waals surface area contributed by atoms with E-state index in [0.29, 0.717) is 5.92 Å². The van der Waals surface area contributed by atoms with Crippen molar-refractivity contribution in [3.05, 3.63) is 22.8 Å². The molecule has 1 saturated heterocycles. The third-order valence-electron chi connectivity index (χ3n) is 6.05. The Hall–Kier alpha value is -1.26. The van der Waals surface area contributed by atoms with Gasteiger partial charge in [0.15, 0.2) is 0 Å². The van der Waals surface area contributed by atoms with Gasteiger partial charge in [-0.15, -0.1) is 0 Å². The van der Waals surface area contributed by atoms with Gasteiger partial charge in [-0.25, -0.2) is 0 Å². The van der Waals surface area contributed by atoms with Crippen LogP contribution in [0.1, 0.15) is 41.9 Å². The number of ether oxygens (including phenoxy) is 2. The summed E-state index contributed by atoms with van der Waals surface area (Å²) < 4.78 is 11.8. The van der Waals surface area contributed by atoms with Crippen molar-refractivity contribution in [2.45, 2.75) is 38.0 Å². The van der Waals surface area contributed by atoms with Crippen LogP contribution in [0.2, 0.25) is 0 Å². The normalized spacial score (nSPS) is 26.5. The van der Waals surface area contributed by atoms with Crippen LogP contribution in [0.4, 0.5) is 5.69 Å². The molecule has 2 fully saturated rings. The van der Waals surface area contributed by atoms with Crippen LogP contribution >= 0.6 is 0 Å². The van der Waals surface area contributed by atoms with Crippen molar-refractivity contribution in [1.82, 2.24) is 5.32 Å². The first kappa shape index (κ1) is 15.0. The van der Waals surface area contributed by atoms with Gasteiger partial charge in [-0.2, -0.15) is 0 Å². The Kier molecular flexibility index (Phi) is 3.90. The van der Waals surface area contributed by atoms with Crippen LogP contribution in [0.5, 0.6) is 5.75 Å². The maximum Gasteiger partial charge on any atom is 0.143 e. The topological polar surface area (TPSA) is 33.7 Å². The molecular weight excluding hydrogens is 300 g/mol. The molecule has 4 aliphatic rings. The SMILES string of the molecule is c1c2c(c(C3CC3)c3c1OCCN3C[C@H]1CCOC1)CCNCC2. The number of benzene rings is 1. The van der Waals surface area contributed by atoms with Gasteiger partial charge >= 0.3 is 0 Å². The molecule has 0 bridgehead atoms. The molecule has 0 radical (unpaired) electrons. The summed E-state index contributed by atoms with van der Waals surface area (Å²) in [5.41, 5.74) is 6.26. The van der Waals surface area contributed by atoms with Gasteiger partial charge in [-0.3, -0.25) is 0 Å². The zero-order chi connectivity index (χ0) is 15.9. The van der Waals surface area contributed by atoms with Crippen LogP contribution in [0.3, 0.4) is 0 Å². The van der Waals surface area contributed by atoms with E-state index < -0.39 is 0 Å². The molecule has 0 spiro atoms. The van der Waals surface area contributed by atoms with Crippen LogP contribution < -0.4 is 15.0 Å². The fraction of sp³-hybridized carbons (Fsp3) is 0.700. The molecule has 1 atom stereocenters. The minimum absolute atomic E-state index is 0.684. The second-order valence-electron chi connectivity index (χ2n) is 7.82. The molecule has 24 heavy (non-hydrogen) atoms. The summed E-state index contributed by atoms with van der Waals surface area (Å²) >= 11 is 0. The minimum atomic E-state index is 0.684. The summed E-state index contributed by atoms with van der Waals surface area (Å²) in [4.78, 5) is 2.63. The first-order valence-corrected chi connectivity index (χ1v) is 9.75. The van der Waals surface area contributed by atoms with Crippen molar-refractivity contribution in [1.29, 1.82) is 0 Å². The van der Waals surface area contributed by atoms with Gasteiger partial charge in [0.05, 0.1) is 18.8 Å². The Bertz CT molecular complexity index is 621. The molecule has 3 aliphatic heterocycles. The molecule has 1 saturated carbocycles. The third kappa shape index (κ3) is 2.70. The summed E-state index contributed by atoms with van der Waals surface area (Å²) in [6, 6.07) is 2.36. The van der Waals surface area contributed by atoms with E-state index in [0.717, 1.165) is 64.1 Å². The monoisotopic (exact) mass is 328 g/mol. The highest BCUT2D eigenvalue weighted by molar-refractivity contribution is 5.71. The van der Waals surface area contributed by atoms with Crippen molar-refractivity contribution in [3.8, 4) is 5.75 Å². The lowest BCUT2D eigenvalue weighted by molar-refractivity contribution is 0.186. The van der Waals surface area contributed by atoms with Crippen molar-refractivity contribution >= 4 is 5.69 Å². The summed E-state index contributed by atoms with van der Waals surface area (Å²) in [7, 11) is 0. The number of nitrogens with one attached hydrogen (secondary N) is 1. The Morgan fingerprint density at radius 1 is 1.12 bits per heavy atom. The van der Waals surface area contributed by atoms with E-state index in [1.165, 1.54) is 36.9 Å². The predicted octanol–water partition coefficient (Wildman–Crippen LogP) is 2.49. The van der Waals surface area contributed by atoms with E-state index in [4.69, 9.17) is 9.47 Å². The summed E-state index contributed by atoms with van der Waals surface area (Å²) in [6.07, 6.45) is 6.24. The highest BCUT2D eigenvalue weighted by Gasteiger charge is 2.36. The Balaban J connectivity index is 1.57. The number of anilines is 1. The van der Waals surface area contributed by atoms with E-state index in [1.807, 2.05) is 0 Å². The van der Waals surface area contributed by atoms with Crippen molar-refractivity contribution in [3.63, 3.8) is 0 Å². The minimum Gasteiger partial charge on any atom is -0.490 e. The second kappa shape index (κ2) is 6.23. The smallest absolute Gasteiger partial charge is 0.143 e. The summed E-state index contributed by atoms with van der Waals surface area (Å²) in [5.74, 6) is 2.61. The van der Waals surface area contributed by atoms with E-state index in [-0.39, 0.29) is 0 Å². The zero-order valence-electron chi connectivity index (χ0n) is 14.5. The Morgan fingerprint density at radius 3 is 2.88 bits per heavy atom. The van der Waals surface area contributed by atoms with Crippen LogP contribution in [-0.2, 0) is 17.6 Å². The maximum atomic E-state index is 6.15. The van der Waals surface area contributed by atoms with Crippen LogP contribution in [0.15, 0.2) is 6.07 Å². The number of fused-ring (bicyclic) bond motifs is 2. The van der Waals surface area contributed by atoms with Gasteiger partial charge in [0.2, 0.25) is 0 Å². The first-order chi connectivity index (χ1) is 11.9. The molecule has 0 aromatic heterocycles. The van der Waals surface area contributed by atoms with Crippen LogP contribution in [0.25, 0.3) is 0 Å². The average Bonchev–Trinajstić information content (AvgIpc) is 3.35. The largest absolute Gasteiger partial charge is 0.490 e. The molecule has 1 N–H and O–H groups in total. The lowest BCUT2D eigenvalue weighted by Crippen LogP contribution is -2.37. The van der Waals surface area contributed by atoms with Crippen molar-refractivity contribution in [2.75, 3.05) is 50.9 Å². The molecule has 1 aliphatic carbocycles. The molecule has 4 heteroatoms. The predicted molar refractivity (Wildman–Crippen MR) is 95.3 cm³/mol. The fourth-order valence-corrected chi connectivity index (χ4v) is 4.69. The summed E-state index contributed by atoms with van der Waals surface area (Å²) in [5, 5.41) is 3.57. The maximum absolute atomic E-state index is 6.15. The van der Waals surface area contributed by atoms with E-state index in [9.17, 15) is 0 Å². The van der Waals surface area contributed by atoms with Gasteiger partial charge in [-0.05, 0) is 73.9 Å². The summed E-state index contributed by atoms with van der Waals surface area (Å²) in [6.45, 7) is 7.06. The van der Waals surface area contributed by atoms with Gasteiger partial charge in [0.1, 0.15) is 12.4 Å². The number of hydrogen-bond acceptors (Lipinski definition) is 4. The van der Waals surface area contributed by atoms with Gasteiger partial charge < -0.3 is 19.7 Å². The van der Waals surface area contributed by atoms with Crippen LogP contribution in [-0.4, -0.2) is 46.0 Å². The lowest BCUT2D eigenvalue weighted by Gasteiger charge is -2.36. The third-order valence-corrected chi connectivity index (χ3v) is 6.05. The van der Waals surface area contributed by atoms with E-state index in [1.54, 1.807) is 11.1 Å². The molecular formula is C20H28N2O2. The lowest BCUT2D eigenvalue weighted by atomic mass is 9.90. The molecule has 0 unspecified atom stereocenters. The molecule has 1 aromatic carbocycles. The second-order valence-corrected chi connectivity index (χ2v) is 7.82. The quantitative estimate of drug-likeness (QED) is 0.924. The number of nitrogens with zero attached hydrogens (tertiary/aromatic N) is 1. The molecule has 1 aromatic rings. The standard InChI is InChI=1S/C20H28N2O2/c1-2-15(1)19-17-4-7-21-6-3-16(17)11-18-20(19)22(8-10-24-18)12-14-5-9-23-13-14/h11,14-15,21H,1-10,12-13H2/t14-/m1/s1. The van der Waals surface area contributed by atoms with Gasteiger partial charge in [0, 0.05) is 19.1 Å². The number of rotatable bonds is 3. The Labute approximate surface area is 144 Å². The molecule has 130 valence electrons. The molecule has 5 rings (SSSR count). The van der Waals surface area contributed by atoms with E-state index >= 15 is 0 Å². The highest BCUT2D eigenvalue weighted by Crippen LogP contribution is 2.51. The van der Waals surface area contributed by atoms with Crippen molar-refractivity contribution in [2.24, 2.45) is 5.92 Å². The fourth-order valence-electron chi connectivity index (χ4n) is 4.69. The van der Waals surface area contributed by atoms with Crippen molar-refractivity contribution < 1.29 is 9.47 Å². The van der Waals surface area contributed by atoms with Crippen LogP contribution in [0, 0.1) is 5.92 Å². The zero-order valence-corrected chi connectivity index (χ0v) is 14.5.